The van der Waals surface area contributed by atoms with E-state index in [1.165, 1.54) is 0 Å². The van der Waals surface area contributed by atoms with Crippen LogP contribution >= 0.6 is 11.6 Å². The highest BCUT2D eigenvalue weighted by Crippen LogP contribution is 2.32. The maximum atomic E-state index is 12.2. The van der Waals surface area contributed by atoms with Crippen molar-refractivity contribution in [2.45, 2.75) is 0 Å². The summed E-state index contributed by atoms with van der Waals surface area (Å²) in [7, 11) is 3.43. The molecule has 0 saturated heterocycles. The van der Waals surface area contributed by atoms with E-state index in [9.17, 15) is 4.79 Å². The molecule has 0 fully saturated rings. The van der Waals surface area contributed by atoms with Crippen molar-refractivity contribution in [3.05, 3.63) is 59.6 Å². The third-order valence-electron chi connectivity index (χ3n) is 5.29. The smallest absolute Gasteiger partial charge is 0.320 e. The topological polar surface area (TPSA) is 136 Å². The first-order chi connectivity index (χ1) is 17.0. The van der Waals surface area contributed by atoms with Gasteiger partial charge in [0.2, 0.25) is 0 Å². The van der Waals surface area contributed by atoms with E-state index in [1.54, 1.807) is 48.6 Å². The number of aromatic amines is 1. The van der Waals surface area contributed by atoms with Crippen LogP contribution in [0.15, 0.2) is 53.5 Å². The maximum absolute atomic E-state index is 12.2. The van der Waals surface area contributed by atoms with Gasteiger partial charge in [0.25, 0.3) is 11.8 Å². The van der Waals surface area contributed by atoms with Crippen LogP contribution in [-0.4, -0.2) is 56.1 Å². The second-order valence-electron chi connectivity index (χ2n) is 7.71. The minimum atomic E-state index is -0.242. The lowest BCUT2D eigenvalue weighted by molar-refractivity contribution is 0.0937. The van der Waals surface area contributed by atoms with Crippen molar-refractivity contribution in [2.24, 2.45) is 7.05 Å². The molecule has 0 atom stereocenters. The van der Waals surface area contributed by atoms with E-state index in [2.05, 4.69) is 35.9 Å². The Morgan fingerprint density at radius 3 is 2.89 bits per heavy atom. The molecule has 0 radical (unpaired) electrons. The van der Waals surface area contributed by atoms with Crippen LogP contribution in [0.1, 0.15) is 10.4 Å². The number of ether oxygens (including phenoxy) is 1. The Labute approximate surface area is 204 Å². The molecule has 4 aromatic heterocycles. The van der Waals surface area contributed by atoms with E-state index in [0.717, 1.165) is 16.5 Å². The van der Waals surface area contributed by atoms with Crippen molar-refractivity contribution >= 4 is 40.2 Å². The largest absolute Gasteiger partial charge is 0.403 e. The second-order valence-corrected chi connectivity index (χ2v) is 8.11. The van der Waals surface area contributed by atoms with Crippen molar-refractivity contribution in [1.82, 2.24) is 35.3 Å². The third-order valence-corrected chi connectivity index (χ3v) is 5.60. The molecule has 1 aromatic carbocycles. The number of amides is 1. The SMILES string of the molecule is COCCNC(=O)c1ccc(Nc2nnc(-c3c[nH]c4ncc(-c5cnn(C)c5)cc34)o2)c(Cl)c1. The third kappa shape index (κ3) is 4.72. The molecule has 0 spiro atoms. The molecule has 178 valence electrons. The van der Waals surface area contributed by atoms with Crippen molar-refractivity contribution in [1.29, 1.82) is 0 Å². The maximum Gasteiger partial charge on any atom is 0.320 e. The van der Waals surface area contributed by atoms with Crippen LogP contribution in [0.4, 0.5) is 11.7 Å². The Bertz CT molecular complexity index is 1510. The number of carbonyl (C=O) groups excluding carboxylic acids is 1. The number of pyridine rings is 1. The lowest BCUT2D eigenvalue weighted by atomic mass is 10.1. The van der Waals surface area contributed by atoms with Gasteiger partial charge in [0.05, 0.1) is 29.1 Å². The number of nitrogens with zero attached hydrogens (tertiary/aromatic N) is 5. The van der Waals surface area contributed by atoms with Gasteiger partial charge in [-0.25, -0.2) is 4.98 Å². The first-order valence-corrected chi connectivity index (χ1v) is 11.0. The van der Waals surface area contributed by atoms with Crippen molar-refractivity contribution in [2.75, 3.05) is 25.6 Å². The fourth-order valence-corrected chi connectivity index (χ4v) is 3.76. The predicted molar refractivity (Wildman–Crippen MR) is 131 cm³/mol. The number of fused-ring (bicyclic) bond motifs is 1. The Hall–Kier alpha value is -4.22. The molecule has 11 nitrogen and oxygen atoms in total. The Kier molecular flexibility index (Phi) is 6.17. The Morgan fingerprint density at radius 1 is 1.23 bits per heavy atom. The highest BCUT2D eigenvalue weighted by molar-refractivity contribution is 6.33. The van der Waals surface area contributed by atoms with Crippen molar-refractivity contribution < 1.29 is 13.9 Å². The van der Waals surface area contributed by atoms with Crippen molar-refractivity contribution in [3.8, 4) is 22.6 Å². The first-order valence-electron chi connectivity index (χ1n) is 10.7. The molecule has 0 unspecified atom stereocenters. The average Bonchev–Trinajstić information content (AvgIpc) is 3.59. The molecule has 0 bridgehead atoms. The number of methoxy groups -OCH3 is 1. The van der Waals surface area contributed by atoms with Gasteiger partial charge in [-0.05, 0) is 24.3 Å². The number of anilines is 2. The van der Waals surface area contributed by atoms with Gasteiger partial charge in [-0.1, -0.05) is 16.7 Å². The molecule has 5 rings (SSSR count). The Morgan fingerprint density at radius 2 is 2.11 bits per heavy atom. The molecule has 5 aromatic rings. The molecule has 0 aliphatic carbocycles. The van der Waals surface area contributed by atoms with Crippen LogP contribution in [0.25, 0.3) is 33.6 Å². The number of hydrogen-bond donors (Lipinski definition) is 3. The molecule has 0 aliphatic heterocycles. The van der Waals surface area contributed by atoms with Crippen LogP contribution in [0.2, 0.25) is 5.02 Å². The van der Waals surface area contributed by atoms with Crippen LogP contribution in [0.3, 0.4) is 0 Å². The highest BCUT2D eigenvalue weighted by atomic mass is 35.5. The van der Waals surface area contributed by atoms with E-state index in [-0.39, 0.29) is 11.9 Å². The summed E-state index contributed by atoms with van der Waals surface area (Å²) in [4.78, 5) is 19.8. The number of H-pyrrole nitrogens is 1. The lowest BCUT2D eigenvalue weighted by Gasteiger charge is -2.08. The quantitative estimate of drug-likeness (QED) is 0.278. The van der Waals surface area contributed by atoms with E-state index < -0.39 is 0 Å². The van der Waals surface area contributed by atoms with Gasteiger partial charge >= 0.3 is 6.01 Å². The lowest BCUT2D eigenvalue weighted by Crippen LogP contribution is -2.26. The second kappa shape index (κ2) is 9.57. The highest BCUT2D eigenvalue weighted by Gasteiger charge is 2.16. The van der Waals surface area contributed by atoms with E-state index in [0.29, 0.717) is 46.5 Å². The zero-order chi connectivity index (χ0) is 24.4. The summed E-state index contributed by atoms with van der Waals surface area (Å²) in [6, 6.07) is 7.04. The monoisotopic (exact) mass is 492 g/mol. The number of nitrogens with one attached hydrogen (secondary N) is 3. The molecular weight excluding hydrogens is 472 g/mol. The Balaban J connectivity index is 1.35. The number of aryl methyl sites for hydroxylation is 1. The number of rotatable bonds is 8. The summed E-state index contributed by atoms with van der Waals surface area (Å²) in [5.74, 6) is 0.0725. The number of aromatic nitrogens is 6. The van der Waals surface area contributed by atoms with E-state index in [1.807, 2.05) is 19.3 Å². The molecule has 35 heavy (non-hydrogen) atoms. The number of carbonyl (C=O) groups is 1. The van der Waals surface area contributed by atoms with Gasteiger partial charge in [0.15, 0.2) is 0 Å². The van der Waals surface area contributed by atoms with Crippen molar-refractivity contribution in [3.63, 3.8) is 0 Å². The summed E-state index contributed by atoms with van der Waals surface area (Å²) in [6.07, 6.45) is 7.25. The number of benzene rings is 1. The van der Waals surface area contributed by atoms with Gasteiger partial charge in [-0.15, -0.1) is 5.10 Å². The van der Waals surface area contributed by atoms with E-state index >= 15 is 0 Å². The number of halogens is 1. The first kappa shape index (κ1) is 22.6. The van der Waals surface area contributed by atoms with Gasteiger partial charge < -0.3 is 24.8 Å². The summed E-state index contributed by atoms with van der Waals surface area (Å²) < 4.78 is 12.5. The van der Waals surface area contributed by atoms with Gasteiger partial charge in [0.1, 0.15) is 5.65 Å². The fraction of sp³-hybridized carbons (Fsp3) is 0.174. The van der Waals surface area contributed by atoms with E-state index in [4.69, 9.17) is 20.8 Å². The predicted octanol–water partition coefficient (Wildman–Crippen LogP) is 3.79. The van der Waals surface area contributed by atoms with Gasteiger partial charge in [-0.2, -0.15) is 5.10 Å². The van der Waals surface area contributed by atoms with Crippen LogP contribution in [0, 0.1) is 0 Å². The molecule has 0 saturated carbocycles. The van der Waals surface area contributed by atoms with Crippen LogP contribution in [-0.2, 0) is 11.8 Å². The number of hydrogen-bond acceptors (Lipinski definition) is 8. The molecular formula is C23H21ClN8O3. The summed E-state index contributed by atoms with van der Waals surface area (Å²) in [5, 5.41) is 19.4. The van der Waals surface area contributed by atoms with Crippen LogP contribution < -0.4 is 10.6 Å². The average molecular weight is 493 g/mol. The minimum absolute atomic E-state index is 0.157. The molecule has 1 amide bonds. The van der Waals surface area contributed by atoms with Gasteiger partial charge in [0, 0.05) is 61.4 Å². The zero-order valence-electron chi connectivity index (χ0n) is 18.9. The zero-order valence-corrected chi connectivity index (χ0v) is 19.6. The minimum Gasteiger partial charge on any atom is -0.403 e. The summed E-state index contributed by atoms with van der Waals surface area (Å²) >= 11 is 6.37. The molecule has 0 aliphatic rings. The molecule has 4 heterocycles. The normalized spacial score (nSPS) is 11.2. The molecule has 3 N–H and O–H groups in total. The molecule has 12 heteroatoms. The van der Waals surface area contributed by atoms with Crippen LogP contribution in [0.5, 0.6) is 0 Å². The van der Waals surface area contributed by atoms with Gasteiger partial charge in [-0.3, -0.25) is 9.48 Å². The summed E-state index contributed by atoms with van der Waals surface area (Å²) in [6.45, 7) is 0.834. The summed E-state index contributed by atoms with van der Waals surface area (Å²) in [5.41, 5.74) is 4.24. The fourth-order valence-electron chi connectivity index (χ4n) is 3.53. The standard InChI is InChI=1S/C23H21ClN8O3/c1-32-12-15(10-28-32)14-7-16-17(11-27-20(16)26-9-14)22-30-31-23(35-22)29-19-4-3-13(8-18(19)24)21(33)25-5-6-34-2/h3-4,7-12H,5-6H2,1-2H3,(H,25,33)(H,26,27)(H,29,31).